The highest BCUT2D eigenvalue weighted by molar-refractivity contribution is 7.13. The normalized spacial score (nSPS) is 11.5. The molecule has 244 valence electrons. The van der Waals surface area contributed by atoms with Crippen molar-refractivity contribution in [1.82, 2.24) is 4.98 Å². The van der Waals surface area contributed by atoms with Crippen LogP contribution in [0.1, 0.15) is 16.7 Å². The number of hydrogen-bond donors (Lipinski definition) is 1. The fraction of sp³-hybridized carbons (Fsp3) is 0.0526. The zero-order chi connectivity index (χ0) is 34.7. The standard InChI is InChI=1S/C38H22N2O9S/c1-19-34-28(15-26-25(16-32(42)48-35(19)26)20-6-3-2-4-7-20)33(43)23(17-47-34)14-27-31(41)11-10-22-13-29(38(44)49-36(22)27)37-39-30(18-50-37)21-8-5-9-24(12-21)40(45)46/h2-13,15-18,41H,14H2,1H3. The smallest absolute Gasteiger partial charge is 0.346 e. The average Bonchev–Trinajstić information content (AvgIpc) is 3.61. The predicted molar refractivity (Wildman–Crippen MR) is 189 cm³/mol. The van der Waals surface area contributed by atoms with Crippen LogP contribution in [-0.2, 0) is 6.42 Å². The number of aromatic hydroxyl groups is 1. The van der Waals surface area contributed by atoms with Crippen molar-refractivity contribution in [2.75, 3.05) is 0 Å². The van der Waals surface area contributed by atoms with Gasteiger partial charge in [0.1, 0.15) is 27.5 Å². The minimum absolute atomic E-state index is 0.0798. The second-order valence-corrected chi connectivity index (χ2v) is 12.5. The number of benzene rings is 4. The third kappa shape index (κ3) is 5.15. The number of aromatic nitrogens is 1. The van der Waals surface area contributed by atoms with Crippen molar-refractivity contribution in [2.24, 2.45) is 0 Å². The summed E-state index contributed by atoms with van der Waals surface area (Å²) in [6.45, 7) is 1.71. The summed E-state index contributed by atoms with van der Waals surface area (Å²) >= 11 is 1.18. The van der Waals surface area contributed by atoms with Gasteiger partial charge in [-0.15, -0.1) is 11.3 Å². The lowest BCUT2D eigenvalue weighted by Crippen LogP contribution is -2.11. The average molecular weight is 683 g/mol. The zero-order valence-electron chi connectivity index (χ0n) is 26.0. The molecule has 0 saturated heterocycles. The molecule has 8 aromatic rings. The summed E-state index contributed by atoms with van der Waals surface area (Å²) < 4.78 is 17.3. The molecule has 0 spiro atoms. The van der Waals surface area contributed by atoms with Gasteiger partial charge in [-0.1, -0.05) is 42.5 Å². The van der Waals surface area contributed by atoms with Crippen LogP contribution in [0.2, 0.25) is 0 Å². The molecule has 11 nitrogen and oxygen atoms in total. The number of hydrogen-bond acceptors (Lipinski definition) is 11. The molecular formula is C38H22N2O9S. The first-order valence-electron chi connectivity index (χ1n) is 15.2. The Bertz CT molecular complexity index is 2870. The first kappa shape index (κ1) is 30.7. The van der Waals surface area contributed by atoms with Crippen LogP contribution < -0.4 is 16.7 Å². The van der Waals surface area contributed by atoms with Gasteiger partial charge in [0.25, 0.3) is 5.69 Å². The van der Waals surface area contributed by atoms with Crippen molar-refractivity contribution in [2.45, 2.75) is 13.3 Å². The topological polar surface area (TPSA) is 167 Å². The molecule has 4 aromatic carbocycles. The second kappa shape index (κ2) is 11.8. The zero-order valence-corrected chi connectivity index (χ0v) is 26.8. The van der Waals surface area contributed by atoms with Crippen LogP contribution in [0.4, 0.5) is 5.69 Å². The molecule has 0 fully saturated rings. The van der Waals surface area contributed by atoms with Crippen LogP contribution >= 0.6 is 11.3 Å². The molecule has 50 heavy (non-hydrogen) atoms. The van der Waals surface area contributed by atoms with E-state index < -0.39 is 16.2 Å². The predicted octanol–water partition coefficient (Wildman–Crippen LogP) is 7.98. The van der Waals surface area contributed by atoms with Crippen LogP contribution in [-0.4, -0.2) is 15.0 Å². The van der Waals surface area contributed by atoms with Gasteiger partial charge in [0.05, 0.1) is 27.8 Å². The Hall–Kier alpha value is -6.66. The van der Waals surface area contributed by atoms with E-state index in [0.29, 0.717) is 43.7 Å². The van der Waals surface area contributed by atoms with Gasteiger partial charge in [-0.25, -0.2) is 14.6 Å². The van der Waals surface area contributed by atoms with Gasteiger partial charge < -0.3 is 18.4 Å². The van der Waals surface area contributed by atoms with Crippen LogP contribution in [0, 0.1) is 17.0 Å². The minimum Gasteiger partial charge on any atom is -0.508 e. The van der Waals surface area contributed by atoms with Crippen molar-refractivity contribution >= 4 is 49.9 Å². The number of nitrogens with zero attached hydrogens (tertiary/aromatic N) is 2. The van der Waals surface area contributed by atoms with E-state index in [1.165, 1.54) is 41.9 Å². The number of nitro groups is 1. The van der Waals surface area contributed by atoms with Gasteiger partial charge in [-0.2, -0.15) is 0 Å². The molecule has 0 amide bonds. The molecule has 0 bridgehead atoms. The number of phenolic OH excluding ortho intramolecular Hbond substituents is 1. The molecule has 0 radical (unpaired) electrons. The Morgan fingerprint density at radius 1 is 0.840 bits per heavy atom. The second-order valence-electron chi connectivity index (χ2n) is 11.6. The Kier molecular flexibility index (Phi) is 7.23. The van der Waals surface area contributed by atoms with Crippen LogP contribution in [0.15, 0.2) is 124 Å². The SMILES string of the molecule is Cc1c2oc(=O)cc(-c3ccccc3)c2cc2c(=O)c(Cc3c(O)ccc4cc(-c5nc(-c6cccc([N+](=O)[O-])c6)cs5)c(=O)oc34)coc12. The number of non-ortho nitro benzene ring substituents is 1. The van der Waals surface area contributed by atoms with Crippen molar-refractivity contribution < 1.29 is 23.3 Å². The summed E-state index contributed by atoms with van der Waals surface area (Å²) in [6, 6.07) is 23.0. The van der Waals surface area contributed by atoms with Crippen molar-refractivity contribution in [3.8, 4) is 38.7 Å². The Morgan fingerprint density at radius 3 is 2.44 bits per heavy atom. The fourth-order valence-corrected chi connectivity index (χ4v) is 6.98. The van der Waals surface area contributed by atoms with Crippen LogP contribution in [0.3, 0.4) is 0 Å². The van der Waals surface area contributed by atoms with E-state index in [2.05, 4.69) is 4.98 Å². The Morgan fingerprint density at radius 2 is 1.64 bits per heavy atom. The molecule has 4 aromatic heterocycles. The quantitative estimate of drug-likeness (QED) is 0.0786. The maximum atomic E-state index is 14.0. The van der Waals surface area contributed by atoms with E-state index in [-0.39, 0.29) is 56.5 Å². The Labute approximate surface area is 284 Å². The minimum atomic E-state index is -0.716. The third-order valence-electron chi connectivity index (χ3n) is 8.59. The maximum Gasteiger partial charge on any atom is 0.346 e. The lowest BCUT2D eigenvalue weighted by molar-refractivity contribution is -0.384. The number of thiazole rings is 1. The molecular weight excluding hydrogens is 660 g/mol. The number of nitro benzene ring substituents is 1. The summed E-state index contributed by atoms with van der Waals surface area (Å²) in [5, 5.41) is 25.5. The molecule has 1 N–H and O–H groups in total. The van der Waals surface area contributed by atoms with E-state index in [1.807, 2.05) is 30.3 Å². The van der Waals surface area contributed by atoms with Crippen molar-refractivity contribution in [1.29, 1.82) is 0 Å². The van der Waals surface area contributed by atoms with Gasteiger partial charge in [0.2, 0.25) is 0 Å². The van der Waals surface area contributed by atoms with Crippen molar-refractivity contribution in [3.63, 3.8) is 0 Å². The molecule has 0 aliphatic heterocycles. The molecule has 8 rings (SSSR count). The molecule has 12 heteroatoms. The number of phenols is 1. The summed E-state index contributed by atoms with van der Waals surface area (Å²) in [7, 11) is 0. The van der Waals surface area contributed by atoms with Gasteiger partial charge in [-0.3, -0.25) is 14.9 Å². The largest absolute Gasteiger partial charge is 0.508 e. The number of rotatable bonds is 6. The molecule has 0 atom stereocenters. The number of aryl methyl sites for hydroxylation is 1. The highest BCUT2D eigenvalue weighted by Gasteiger charge is 2.21. The van der Waals surface area contributed by atoms with Crippen LogP contribution in [0.25, 0.3) is 65.9 Å². The van der Waals surface area contributed by atoms with E-state index in [4.69, 9.17) is 13.3 Å². The maximum absolute atomic E-state index is 14.0. The Balaban J connectivity index is 1.21. The highest BCUT2D eigenvalue weighted by atomic mass is 32.1. The van der Waals surface area contributed by atoms with E-state index in [1.54, 1.807) is 42.6 Å². The molecule has 0 aliphatic rings. The summed E-state index contributed by atoms with van der Waals surface area (Å²) in [5.41, 5.74) is 2.39. The number of fused-ring (bicyclic) bond motifs is 3. The van der Waals surface area contributed by atoms with Crippen molar-refractivity contribution in [3.05, 3.63) is 154 Å². The monoisotopic (exact) mass is 682 g/mol. The van der Waals surface area contributed by atoms with Gasteiger partial charge in [0, 0.05) is 63.0 Å². The highest BCUT2D eigenvalue weighted by Crippen LogP contribution is 2.35. The fourth-order valence-electron chi connectivity index (χ4n) is 6.15. The lowest BCUT2D eigenvalue weighted by atomic mass is 9.97. The summed E-state index contributed by atoms with van der Waals surface area (Å²) in [6.07, 6.45) is 1.17. The summed E-state index contributed by atoms with van der Waals surface area (Å²) in [5.74, 6) is -0.182. The first-order chi connectivity index (χ1) is 24.2. The van der Waals surface area contributed by atoms with Gasteiger partial charge >= 0.3 is 11.3 Å². The molecule has 0 unspecified atom stereocenters. The van der Waals surface area contributed by atoms with Gasteiger partial charge in [0.15, 0.2) is 5.43 Å². The van der Waals surface area contributed by atoms with E-state index >= 15 is 0 Å². The molecule has 0 saturated carbocycles. The molecule has 4 heterocycles. The third-order valence-corrected chi connectivity index (χ3v) is 9.47. The van der Waals surface area contributed by atoms with E-state index in [0.717, 1.165) is 5.56 Å². The summed E-state index contributed by atoms with van der Waals surface area (Å²) in [4.78, 5) is 55.1. The van der Waals surface area contributed by atoms with E-state index in [9.17, 15) is 29.6 Å². The van der Waals surface area contributed by atoms with Gasteiger partial charge in [-0.05, 0) is 42.3 Å². The molecule has 0 aliphatic carbocycles. The van der Waals surface area contributed by atoms with Crippen LogP contribution in [0.5, 0.6) is 5.75 Å². The lowest BCUT2D eigenvalue weighted by Gasteiger charge is -2.11. The first-order valence-corrected chi connectivity index (χ1v) is 16.1.